The molecule has 0 radical (unpaired) electrons. The van der Waals surface area contributed by atoms with Crippen LogP contribution in [0.15, 0.2) is 42.5 Å². The van der Waals surface area contributed by atoms with Crippen molar-refractivity contribution in [2.45, 2.75) is 38.0 Å². The highest BCUT2D eigenvalue weighted by Gasteiger charge is 2.42. The van der Waals surface area contributed by atoms with Gasteiger partial charge in [0.2, 0.25) is 5.91 Å². The first kappa shape index (κ1) is 16.9. The molecule has 1 N–H and O–H groups in total. The molecule has 0 aliphatic carbocycles. The zero-order valence-corrected chi connectivity index (χ0v) is 15.4. The number of methoxy groups -OCH3 is 2. The molecule has 136 valence electrons. The van der Waals surface area contributed by atoms with Gasteiger partial charge in [-0.05, 0) is 42.2 Å². The predicted molar refractivity (Wildman–Crippen MR) is 99.2 cm³/mol. The number of ether oxygens (including phenoxy) is 2. The van der Waals surface area contributed by atoms with Gasteiger partial charge < -0.3 is 14.8 Å². The van der Waals surface area contributed by atoms with Crippen molar-refractivity contribution in [3.63, 3.8) is 0 Å². The first-order valence-electron chi connectivity index (χ1n) is 8.99. The van der Waals surface area contributed by atoms with Crippen LogP contribution in [0.4, 0.5) is 0 Å². The maximum Gasteiger partial charge on any atom is 0.223 e. The van der Waals surface area contributed by atoms with Gasteiger partial charge in [-0.1, -0.05) is 30.3 Å². The minimum absolute atomic E-state index is 0.0347. The smallest absolute Gasteiger partial charge is 0.223 e. The third kappa shape index (κ3) is 2.72. The molecule has 5 heteroatoms. The van der Waals surface area contributed by atoms with Crippen molar-refractivity contribution >= 4 is 5.91 Å². The lowest BCUT2D eigenvalue weighted by molar-refractivity contribution is -0.131. The Morgan fingerprint density at radius 3 is 2.42 bits per heavy atom. The van der Waals surface area contributed by atoms with Gasteiger partial charge in [0, 0.05) is 18.5 Å². The van der Waals surface area contributed by atoms with E-state index in [0.717, 1.165) is 23.3 Å². The van der Waals surface area contributed by atoms with Crippen LogP contribution in [0.3, 0.4) is 0 Å². The summed E-state index contributed by atoms with van der Waals surface area (Å²) in [5.41, 5.74) is 3.51. The number of nitrogens with one attached hydrogen (secondary N) is 1. The van der Waals surface area contributed by atoms with Gasteiger partial charge in [0.25, 0.3) is 0 Å². The Morgan fingerprint density at radius 2 is 1.73 bits per heavy atom. The van der Waals surface area contributed by atoms with Crippen LogP contribution < -0.4 is 14.8 Å². The van der Waals surface area contributed by atoms with Crippen LogP contribution in [0, 0.1) is 0 Å². The van der Waals surface area contributed by atoms with E-state index in [1.807, 2.05) is 24.3 Å². The van der Waals surface area contributed by atoms with Gasteiger partial charge in [-0.2, -0.15) is 0 Å². The van der Waals surface area contributed by atoms with E-state index >= 15 is 0 Å². The highest BCUT2D eigenvalue weighted by Crippen LogP contribution is 2.45. The molecule has 3 atom stereocenters. The molecule has 2 aliphatic heterocycles. The van der Waals surface area contributed by atoms with E-state index in [1.54, 1.807) is 14.2 Å². The highest BCUT2D eigenvalue weighted by molar-refractivity contribution is 5.78. The van der Waals surface area contributed by atoms with E-state index in [2.05, 4.69) is 35.3 Å². The van der Waals surface area contributed by atoms with Crippen LogP contribution in [-0.2, 0) is 11.2 Å². The van der Waals surface area contributed by atoms with Crippen molar-refractivity contribution in [3.05, 3.63) is 59.2 Å². The van der Waals surface area contributed by atoms with E-state index in [-0.39, 0.29) is 18.1 Å². The fourth-order valence-corrected chi connectivity index (χ4v) is 4.32. The molecule has 0 unspecified atom stereocenters. The Hall–Kier alpha value is -2.53. The van der Waals surface area contributed by atoms with Crippen molar-refractivity contribution in [2.24, 2.45) is 0 Å². The van der Waals surface area contributed by atoms with Gasteiger partial charge in [0.05, 0.1) is 14.2 Å². The van der Waals surface area contributed by atoms with Crippen molar-refractivity contribution < 1.29 is 14.3 Å². The molecule has 1 fully saturated rings. The first-order chi connectivity index (χ1) is 12.6. The molecule has 2 aliphatic rings. The third-order valence-corrected chi connectivity index (χ3v) is 5.48. The maximum absolute atomic E-state index is 12.5. The standard InChI is InChI=1S/C21H24N2O3/c1-13-9-15-10-18(25-2)19(26-3)11-16(15)17-12-20(24)22-21(23(13)17)14-7-5-4-6-8-14/h4-8,10-11,13,17,21H,9,12H2,1-3H3,(H,22,24)/t13-,17-,21-/m0/s1. The van der Waals surface area contributed by atoms with Gasteiger partial charge in [0.1, 0.15) is 6.17 Å². The van der Waals surface area contributed by atoms with E-state index in [4.69, 9.17) is 9.47 Å². The predicted octanol–water partition coefficient (Wildman–Crippen LogP) is 3.21. The zero-order chi connectivity index (χ0) is 18.3. The molecule has 2 aromatic rings. The second kappa shape index (κ2) is 6.65. The van der Waals surface area contributed by atoms with Crippen LogP contribution in [0.25, 0.3) is 0 Å². The molecule has 2 aromatic carbocycles. The largest absolute Gasteiger partial charge is 0.493 e. The number of amides is 1. The number of nitrogens with zero attached hydrogens (tertiary/aromatic N) is 1. The maximum atomic E-state index is 12.5. The van der Waals surface area contributed by atoms with Crippen molar-refractivity contribution in [1.29, 1.82) is 0 Å². The molecule has 0 spiro atoms. The van der Waals surface area contributed by atoms with Gasteiger partial charge >= 0.3 is 0 Å². The summed E-state index contributed by atoms with van der Waals surface area (Å²) in [5, 5.41) is 3.18. The monoisotopic (exact) mass is 352 g/mol. The Labute approximate surface area is 153 Å². The molecular weight excluding hydrogens is 328 g/mol. The highest BCUT2D eigenvalue weighted by atomic mass is 16.5. The first-order valence-corrected chi connectivity index (χ1v) is 8.99. The fourth-order valence-electron chi connectivity index (χ4n) is 4.32. The summed E-state index contributed by atoms with van der Waals surface area (Å²) in [5.74, 6) is 1.53. The second-order valence-electron chi connectivity index (χ2n) is 7.01. The van der Waals surface area contributed by atoms with Crippen LogP contribution in [0.5, 0.6) is 11.5 Å². The number of benzene rings is 2. The van der Waals surface area contributed by atoms with Gasteiger partial charge in [-0.25, -0.2) is 0 Å². The molecule has 1 saturated heterocycles. The molecule has 26 heavy (non-hydrogen) atoms. The van der Waals surface area contributed by atoms with Crippen molar-refractivity contribution in [1.82, 2.24) is 10.2 Å². The van der Waals surface area contributed by atoms with E-state index in [0.29, 0.717) is 18.2 Å². The molecule has 5 nitrogen and oxygen atoms in total. The Kier molecular flexibility index (Phi) is 4.32. The number of hydrogen-bond acceptors (Lipinski definition) is 4. The summed E-state index contributed by atoms with van der Waals surface area (Å²) in [4.78, 5) is 14.9. The summed E-state index contributed by atoms with van der Waals surface area (Å²) < 4.78 is 11.0. The van der Waals surface area contributed by atoms with Crippen LogP contribution in [0.1, 0.15) is 42.2 Å². The number of fused-ring (bicyclic) bond motifs is 3. The summed E-state index contributed by atoms with van der Waals surface area (Å²) in [6, 6.07) is 14.6. The normalized spacial score (nSPS) is 25.0. The summed E-state index contributed by atoms with van der Waals surface area (Å²) >= 11 is 0. The lowest BCUT2D eigenvalue weighted by atomic mass is 9.84. The van der Waals surface area contributed by atoms with Crippen LogP contribution in [-0.4, -0.2) is 31.1 Å². The molecular formula is C21H24N2O3. The lowest BCUT2D eigenvalue weighted by Gasteiger charge is -2.49. The topological polar surface area (TPSA) is 50.8 Å². The summed E-state index contributed by atoms with van der Waals surface area (Å²) in [6.07, 6.45) is 1.25. The van der Waals surface area contributed by atoms with Crippen LogP contribution >= 0.6 is 0 Å². The number of rotatable bonds is 3. The molecule has 0 bridgehead atoms. The molecule has 2 heterocycles. The van der Waals surface area contributed by atoms with Crippen molar-refractivity contribution in [3.8, 4) is 11.5 Å². The Balaban J connectivity index is 1.80. The van der Waals surface area contributed by atoms with Crippen LogP contribution in [0.2, 0.25) is 0 Å². The molecule has 0 saturated carbocycles. The fraction of sp³-hybridized carbons (Fsp3) is 0.381. The Bertz CT molecular complexity index is 822. The van der Waals surface area contributed by atoms with Gasteiger partial charge in [0.15, 0.2) is 11.5 Å². The number of carbonyl (C=O) groups is 1. The van der Waals surface area contributed by atoms with E-state index in [1.165, 1.54) is 5.56 Å². The SMILES string of the molecule is COc1cc2c(cc1OC)[C@@H]1CC(=O)N[C@H](c3ccccc3)N1[C@@H](C)C2. The number of carbonyl (C=O) groups excluding carboxylic acids is 1. The summed E-state index contributed by atoms with van der Waals surface area (Å²) in [6.45, 7) is 2.22. The van der Waals surface area contributed by atoms with E-state index in [9.17, 15) is 4.79 Å². The zero-order valence-electron chi connectivity index (χ0n) is 15.4. The van der Waals surface area contributed by atoms with E-state index < -0.39 is 0 Å². The average Bonchev–Trinajstić information content (AvgIpc) is 2.67. The van der Waals surface area contributed by atoms with Gasteiger partial charge in [-0.15, -0.1) is 0 Å². The van der Waals surface area contributed by atoms with Crippen molar-refractivity contribution in [2.75, 3.05) is 14.2 Å². The Morgan fingerprint density at radius 1 is 1.04 bits per heavy atom. The second-order valence-corrected chi connectivity index (χ2v) is 7.01. The minimum atomic E-state index is -0.112. The lowest BCUT2D eigenvalue weighted by Crippen LogP contribution is -2.55. The molecule has 4 rings (SSSR count). The molecule has 1 amide bonds. The number of hydrogen-bond donors (Lipinski definition) is 1. The van der Waals surface area contributed by atoms with Gasteiger partial charge in [-0.3, -0.25) is 9.69 Å². The quantitative estimate of drug-likeness (QED) is 0.922. The third-order valence-electron chi connectivity index (χ3n) is 5.48. The summed E-state index contributed by atoms with van der Waals surface area (Å²) in [7, 11) is 3.30. The average molecular weight is 352 g/mol. The molecule has 0 aromatic heterocycles. The minimum Gasteiger partial charge on any atom is -0.493 e.